The molecule has 4 nitrogen and oxygen atoms in total. The van der Waals surface area contributed by atoms with Crippen LogP contribution in [-0.2, 0) is 6.61 Å². The van der Waals surface area contributed by atoms with Crippen LogP contribution >= 0.6 is 0 Å². The van der Waals surface area contributed by atoms with E-state index in [1.165, 1.54) is 6.26 Å². The van der Waals surface area contributed by atoms with Gasteiger partial charge in [0.15, 0.2) is 5.89 Å². The van der Waals surface area contributed by atoms with Crippen molar-refractivity contribution in [1.29, 1.82) is 0 Å². The lowest BCUT2D eigenvalue weighted by molar-refractivity contribution is 0.276. The minimum Gasteiger partial charge on any atom is -0.448 e. The van der Waals surface area contributed by atoms with E-state index < -0.39 is 0 Å². The summed E-state index contributed by atoms with van der Waals surface area (Å²) < 4.78 is 5.30. The highest BCUT2D eigenvalue weighted by molar-refractivity contribution is 5.00. The molecule has 0 spiro atoms. The zero-order chi connectivity index (χ0) is 9.10. The summed E-state index contributed by atoms with van der Waals surface area (Å²) >= 11 is 0. The molecule has 0 bridgehead atoms. The number of nitrogens with one attached hydrogen (secondary N) is 1. The van der Waals surface area contributed by atoms with Crippen molar-refractivity contribution in [2.75, 3.05) is 13.1 Å². The van der Waals surface area contributed by atoms with Crippen LogP contribution < -0.4 is 5.32 Å². The first kappa shape index (κ1) is 8.72. The van der Waals surface area contributed by atoms with Gasteiger partial charge in [0.25, 0.3) is 0 Å². The van der Waals surface area contributed by atoms with E-state index in [9.17, 15) is 0 Å². The summed E-state index contributed by atoms with van der Waals surface area (Å²) in [6, 6.07) is 0. The van der Waals surface area contributed by atoms with Crippen LogP contribution in [0, 0.1) is 0 Å². The van der Waals surface area contributed by atoms with E-state index in [0.717, 1.165) is 31.8 Å². The maximum atomic E-state index is 8.81. The third-order valence-electron chi connectivity index (χ3n) is 2.42. The van der Waals surface area contributed by atoms with Crippen LogP contribution in [0.5, 0.6) is 0 Å². The fraction of sp³-hybridized carbons (Fsp3) is 0.667. The van der Waals surface area contributed by atoms with Gasteiger partial charge in [-0.2, -0.15) is 0 Å². The highest BCUT2D eigenvalue weighted by Crippen LogP contribution is 2.24. The summed E-state index contributed by atoms with van der Waals surface area (Å²) in [4.78, 5) is 4.21. The van der Waals surface area contributed by atoms with Crippen molar-refractivity contribution >= 4 is 0 Å². The van der Waals surface area contributed by atoms with E-state index in [-0.39, 0.29) is 6.61 Å². The molecule has 0 aromatic carbocycles. The van der Waals surface area contributed by atoms with Gasteiger partial charge < -0.3 is 14.8 Å². The predicted octanol–water partition coefficient (Wildman–Crippen LogP) is 0.634. The zero-order valence-corrected chi connectivity index (χ0v) is 7.49. The van der Waals surface area contributed by atoms with Gasteiger partial charge in [-0.05, 0) is 25.9 Å². The first-order chi connectivity index (χ1) is 6.40. The Kier molecular flexibility index (Phi) is 2.61. The molecule has 0 aliphatic carbocycles. The molecule has 1 aromatic heterocycles. The van der Waals surface area contributed by atoms with Gasteiger partial charge in [0.2, 0.25) is 0 Å². The number of aliphatic hydroxyl groups is 1. The van der Waals surface area contributed by atoms with Crippen LogP contribution in [0.2, 0.25) is 0 Å². The van der Waals surface area contributed by atoms with Crippen molar-refractivity contribution in [1.82, 2.24) is 10.3 Å². The topological polar surface area (TPSA) is 58.3 Å². The summed E-state index contributed by atoms with van der Waals surface area (Å²) in [6.07, 6.45) is 3.69. The molecule has 2 N–H and O–H groups in total. The molecule has 0 amide bonds. The number of aliphatic hydroxyl groups excluding tert-OH is 1. The third kappa shape index (κ3) is 1.89. The molecule has 1 aliphatic heterocycles. The Morgan fingerprint density at radius 2 is 2.31 bits per heavy atom. The van der Waals surface area contributed by atoms with Crippen LogP contribution in [0.3, 0.4) is 0 Å². The van der Waals surface area contributed by atoms with Gasteiger partial charge >= 0.3 is 0 Å². The first-order valence-corrected chi connectivity index (χ1v) is 4.66. The normalized spacial score (nSPS) is 19.2. The van der Waals surface area contributed by atoms with E-state index in [4.69, 9.17) is 9.52 Å². The minimum atomic E-state index is -0.0333. The Balaban J connectivity index is 2.05. The maximum Gasteiger partial charge on any atom is 0.197 e. The standard InChI is InChI=1S/C9H14N2O2/c12-5-8-6-13-9(11-8)7-1-3-10-4-2-7/h6-7,10,12H,1-5H2. The predicted molar refractivity (Wildman–Crippen MR) is 47.3 cm³/mol. The van der Waals surface area contributed by atoms with E-state index in [1.807, 2.05) is 0 Å². The Hall–Kier alpha value is -0.870. The molecule has 0 radical (unpaired) electrons. The van der Waals surface area contributed by atoms with Crippen LogP contribution in [0.25, 0.3) is 0 Å². The van der Waals surface area contributed by atoms with Gasteiger partial charge in [-0.3, -0.25) is 0 Å². The van der Waals surface area contributed by atoms with Crippen LogP contribution in [-0.4, -0.2) is 23.2 Å². The molecule has 1 saturated heterocycles. The minimum absolute atomic E-state index is 0.0333. The first-order valence-electron chi connectivity index (χ1n) is 4.66. The third-order valence-corrected chi connectivity index (χ3v) is 2.42. The fourth-order valence-corrected chi connectivity index (χ4v) is 1.65. The summed E-state index contributed by atoms with van der Waals surface area (Å²) in [5.74, 6) is 1.21. The average Bonchev–Trinajstić information content (AvgIpc) is 2.67. The SMILES string of the molecule is OCc1coc(C2CCNCC2)n1. The molecule has 0 saturated carbocycles. The molecule has 1 fully saturated rings. The molecular weight excluding hydrogens is 168 g/mol. The van der Waals surface area contributed by atoms with Crippen molar-refractivity contribution in [2.45, 2.75) is 25.4 Å². The second-order valence-corrected chi connectivity index (χ2v) is 3.36. The lowest BCUT2D eigenvalue weighted by atomic mass is 9.98. The Morgan fingerprint density at radius 3 is 2.92 bits per heavy atom. The molecule has 2 rings (SSSR count). The second-order valence-electron chi connectivity index (χ2n) is 3.36. The number of piperidine rings is 1. The number of aromatic nitrogens is 1. The van der Waals surface area contributed by atoms with Gasteiger partial charge in [-0.15, -0.1) is 0 Å². The van der Waals surface area contributed by atoms with Crippen molar-refractivity contribution in [3.05, 3.63) is 17.8 Å². The van der Waals surface area contributed by atoms with Gasteiger partial charge in [0.1, 0.15) is 12.0 Å². The molecule has 2 heterocycles. The quantitative estimate of drug-likeness (QED) is 0.704. The molecule has 72 valence electrons. The number of oxazole rings is 1. The van der Waals surface area contributed by atoms with E-state index >= 15 is 0 Å². The smallest absolute Gasteiger partial charge is 0.197 e. The largest absolute Gasteiger partial charge is 0.448 e. The van der Waals surface area contributed by atoms with E-state index in [2.05, 4.69) is 10.3 Å². The van der Waals surface area contributed by atoms with Gasteiger partial charge in [-0.25, -0.2) is 4.98 Å². The van der Waals surface area contributed by atoms with Crippen molar-refractivity contribution in [3.8, 4) is 0 Å². The average molecular weight is 182 g/mol. The van der Waals surface area contributed by atoms with Crippen LogP contribution in [0.15, 0.2) is 10.7 Å². The molecule has 1 aliphatic rings. The maximum absolute atomic E-state index is 8.81. The lowest BCUT2D eigenvalue weighted by Gasteiger charge is -2.19. The highest BCUT2D eigenvalue weighted by atomic mass is 16.3. The fourth-order valence-electron chi connectivity index (χ4n) is 1.65. The van der Waals surface area contributed by atoms with Crippen molar-refractivity contribution in [3.63, 3.8) is 0 Å². The zero-order valence-electron chi connectivity index (χ0n) is 7.49. The summed E-state index contributed by atoms with van der Waals surface area (Å²) in [5.41, 5.74) is 0.633. The van der Waals surface area contributed by atoms with Gasteiger partial charge in [0.05, 0.1) is 6.61 Å². The molecule has 1 aromatic rings. The molecule has 4 heteroatoms. The van der Waals surface area contributed by atoms with Gasteiger partial charge in [-0.1, -0.05) is 0 Å². The number of hydrogen-bond acceptors (Lipinski definition) is 4. The van der Waals surface area contributed by atoms with E-state index in [0.29, 0.717) is 11.6 Å². The van der Waals surface area contributed by atoms with Gasteiger partial charge in [0, 0.05) is 5.92 Å². The summed E-state index contributed by atoms with van der Waals surface area (Å²) in [7, 11) is 0. The van der Waals surface area contributed by atoms with E-state index in [1.54, 1.807) is 0 Å². The molecular formula is C9H14N2O2. The van der Waals surface area contributed by atoms with Crippen molar-refractivity contribution < 1.29 is 9.52 Å². The lowest BCUT2D eigenvalue weighted by Crippen LogP contribution is -2.26. The van der Waals surface area contributed by atoms with Crippen LogP contribution in [0.1, 0.15) is 30.3 Å². The molecule has 0 unspecified atom stereocenters. The number of nitrogens with zero attached hydrogens (tertiary/aromatic N) is 1. The monoisotopic (exact) mass is 182 g/mol. The number of hydrogen-bond donors (Lipinski definition) is 2. The second kappa shape index (κ2) is 3.89. The molecule has 0 atom stereocenters. The van der Waals surface area contributed by atoms with Crippen molar-refractivity contribution in [2.24, 2.45) is 0 Å². The Labute approximate surface area is 77.0 Å². The summed E-state index contributed by atoms with van der Waals surface area (Å²) in [5, 5.41) is 12.1. The number of rotatable bonds is 2. The molecule has 13 heavy (non-hydrogen) atoms. The Bertz CT molecular complexity index is 266. The Morgan fingerprint density at radius 1 is 1.54 bits per heavy atom. The summed E-state index contributed by atoms with van der Waals surface area (Å²) in [6.45, 7) is 2.03. The highest BCUT2D eigenvalue weighted by Gasteiger charge is 2.19. The van der Waals surface area contributed by atoms with Crippen LogP contribution in [0.4, 0.5) is 0 Å².